The van der Waals surface area contributed by atoms with Crippen LogP contribution in [0.15, 0.2) is 83.8 Å². The first-order valence-corrected chi connectivity index (χ1v) is 9.42. The molecule has 2 heterocycles. The van der Waals surface area contributed by atoms with Gasteiger partial charge in [0.2, 0.25) is 5.91 Å². The highest BCUT2D eigenvalue weighted by atomic mass is 32.2. The van der Waals surface area contributed by atoms with Gasteiger partial charge < -0.3 is 10.6 Å². The zero-order valence-corrected chi connectivity index (χ0v) is 15.0. The van der Waals surface area contributed by atoms with Crippen LogP contribution in [0.3, 0.4) is 0 Å². The first kappa shape index (κ1) is 16.1. The van der Waals surface area contributed by atoms with Crippen molar-refractivity contribution in [3.05, 3.63) is 95.8 Å². The fourth-order valence-corrected chi connectivity index (χ4v) is 4.90. The van der Waals surface area contributed by atoms with Gasteiger partial charge in [-0.1, -0.05) is 60.3 Å². The molecule has 0 radical (unpaired) electrons. The van der Waals surface area contributed by atoms with E-state index in [2.05, 4.69) is 10.6 Å². The number of halogens is 1. The standard InChI is InChI=1S/C22H15FN2OS/c23-15-10-11-18-20(12-15)27-22(13-19(24-18)14-6-2-1-3-7-14)16-8-4-5-9-17(16)25-21(22)26/h1-13,24H,(H,25,26)/t22-/m1/s1. The highest BCUT2D eigenvalue weighted by molar-refractivity contribution is 8.01. The monoisotopic (exact) mass is 374 g/mol. The number of carbonyl (C=O) groups is 1. The predicted octanol–water partition coefficient (Wildman–Crippen LogP) is 5.23. The fraction of sp³-hybridized carbons (Fsp3) is 0.0455. The molecule has 0 aliphatic carbocycles. The number of hydrogen-bond donors (Lipinski definition) is 2. The second-order valence-corrected chi connectivity index (χ2v) is 7.81. The maximum atomic E-state index is 14.0. The number of carbonyl (C=O) groups excluding carboxylic acids is 1. The maximum Gasteiger partial charge on any atom is 0.249 e. The summed E-state index contributed by atoms with van der Waals surface area (Å²) in [5.41, 5.74) is 4.24. The van der Waals surface area contributed by atoms with E-state index in [1.54, 1.807) is 6.07 Å². The van der Waals surface area contributed by atoms with Crippen LogP contribution < -0.4 is 10.6 Å². The lowest BCUT2D eigenvalue weighted by Gasteiger charge is -2.22. The molecule has 2 N–H and O–H groups in total. The van der Waals surface area contributed by atoms with Gasteiger partial charge >= 0.3 is 0 Å². The van der Waals surface area contributed by atoms with Crippen LogP contribution in [0.5, 0.6) is 0 Å². The second kappa shape index (κ2) is 5.99. The van der Waals surface area contributed by atoms with Crippen molar-refractivity contribution >= 4 is 34.7 Å². The maximum absolute atomic E-state index is 14.0. The summed E-state index contributed by atoms with van der Waals surface area (Å²) in [6, 6.07) is 22.1. The Morgan fingerprint density at radius 1 is 0.852 bits per heavy atom. The molecule has 3 aromatic rings. The summed E-state index contributed by atoms with van der Waals surface area (Å²) in [6.07, 6.45) is 1.95. The minimum absolute atomic E-state index is 0.124. The highest BCUT2D eigenvalue weighted by Crippen LogP contribution is 2.54. The molecule has 3 nitrogen and oxygen atoms in total. The second-order valence-electron chi connectivity index (χ2n) is 6.53. The number of nitrogens with one attached hydrogen (secondary N) is 2. The van der Waals surface area contributed by atoms with Crippen molar-refractivity contribution in [1.82, 2.24) is 0 Å². The van der Waals surface area contributed by atoms with Gasteiger partial charge in [0.25, 0.3) is 0 Å². The van der Waals surface area contributed by atoms with E-state index in [1.165, 1.54) is 23.9 Å². The predicted molar refractivity (Wildman–Crippen MR) is 107 cm³/mol. The Balaban J connectivity index is 1.78. The van der Waals surface area contributed by atoms with Gasteiger partial charge in [-0.25, -0.2) is 4.39 Å². The smallest absolute Gasteiger partial charge is 0.249 e. The van der Waals surface area contributed by atoms with E-state index in [0.29, 0.717) is 4.90 Å². The highest BCUT2D eigenvalue weighted by Gasteiger charge is 2.48. The lowest BCUT2D eigenvalue weighted by atomic mass is 9.96. The molecular formula is C22H15FN2OS. The Morgan fingerprint density at radius 2 is 1.63 bits per heavy atom. The van der Waals surface area contributed by atoms with E-state index in [0.717, 1.165) is 28.2 Å². The lowest BCUT2D eigenvalue weighted by Crippen LogP contribution is -2.29. The summed E-state index contributed by atoms with van der Waals surface area (Å²) >= 11 is 1.36. The van der Waals surface area contributed by atoms with Gasteiger partial charge in [-0.05, 0) is 35.9 Å². The minimum atomic E-state index is -0.964. The zero-order valence-electron chi connectivity index (χ0n) is 14.2. The van der Waals surface area contributed by atoms with Gasteiger partial charge in [-0.15, -0.1) is 0 Å². The van der Waals surface area contributed by atoms with E-state index < -0.39 is 4.75 Å². The summed E-state index contributed by atoms with van der Waals surface area (Å²) in [6.45, 7) is 0. The summed E-state index contributed by atoms with van der Waals surface area (Å²) in [5.74, 6) is -0.450. The third-order valence-corrected chi connectivity index (χ3v) is 6.23. The van der Waals surface area contributed by atoms with Gasteiger partial charge in [0.05, 0.1) is 5.69 Å². The van der Waals surface area contributed by atoms with Gasteiger partial charge in [0, 0.05) is 21.8 Å². The van der Waals surface area contributed by atoms with E-state index >= 15 is 0 Å². The lowest BCUT2D eigenvalue weighted by molar-refractivity contribution is -0.116. The summed E-state index contributed by atoms with van der Waals surface area (Å²) in [7, 11) is 0. The van der Waals surface area contributed by atoms with Crippen molar-refractivity contribution in [3.8, 4) is 0 Å². The number of hydrogen-bond acceptors (Lipinski definition) is 3. The first-order chi connectivity index (χ1) is 13.2. The number of para-hydroxylation sites is 1. The molecule has 5 rings (SSSR count). The molecule has 0 fully saturated rings. The number of benzene rings is 3. The van der Waals surface area contributed by atoms with Crippen LogP contribution in [-0.2, 0) is 9.54 Å². The van der Waals surface area contributed by atoms with Crippen molar-refractivity contribution in [3.63, 3.8) is 0 Å². The van der Waals surface area contributed by atoms with Crippen LogP contribution in [0, 0.1) is 5.82 Å². The van der Waals surface area contributed by atoms with Crippen molar-refractivity contribution < 1.29 is 9.18 Å². The van der Waals surface area contributed by atoms with Gasteiger partial charge in [0.1, 0.15) is 10.6 Å². The van der Waals surface area contributed by atoms with Crippen molar-refractivity contribution in [2.75, 3.05) is 10.6 Å². The van der Waals surface area contributed by atoms with Crippen molar-refractivity contribution in [2.24, 2.45) is 0 Å². The van der Waals surface area contributed by atoms with E-state index in [-0.39, 0.29) is 11.7 Å². The van der Waals surface area contributed by atoms with Crippen LogP contribution in [0.1, 0.15) is 11.1 Å². The first-order valence-electron chi connectivity index (χ1n) is 8.60. The molecule has 0 unspecified atom stereocenters. The SMILES string of the molecule is O=C1Nc2ccccc2[C@]12C=C(c1ccccc1)Nc1ccc(F)cc1S2. The van der Waals surface area contributed by atoms with E-state index in [4.69, 9.17) is 0 Å². The Hall–Kier alpha value is -3.05. The van der Waals surface area contributed by atoms with Gasteiger partial charge in [-0.3, -0.25) is 4.79 Å². The molecule has 2 aliphatic rings. The van der Waals surface area contributed by atoms with Gasteiger partial charge in [0.15, 0.2) is 0 Å². The Labute approximate surface area is 160 Å². The fourth-order valence-electron chi connectivity index (χ4n) is 3.54. The van der Waals surface area contributed by atoms with Crippen molar-refractivity contribution in [2.45, 2.75) is 9.64 Å². The molecule has 1 amide bonds. The minimum Gasteiger partial charge on any atom is -0.354 e. The molecule has 132 valence electrons. The molecule has 1 spiro atoms. The van der Waals surface area contributed by atoms with Crippen LogP contribution >= 0.6 is 11.8 Å². The summed E-state index contributed by atoms with van der Waals surface area (Å²) < 4.78 is 13.0. The third kappa shape index (κ3) is 2.54. The normalized spacial score (nSPS) is 20.2. The summed E-state index contributed by atoms with van der Waals surface area (Å²) in [4.78, 5) is 13.8. The van der Waals surface area contributed by atoms with E-state index in [9.17, 15) is 9.18 Å². The molecule has 5 heteroatoms. The molecular weight excluding hydrogens is 359 g/mol. The van der Waals surface area contributed by atoms with Crippen LogP contribution in [0.2, 0.25) is 0 Å². The largest absolute Gasteiger partial charge is 0.354 e. The zero-order chi connectivity index (χ0) is 18.4. The number of anilines is 2. The number of amides is 1. The van der Waals surface area contributed by atoms with Crippen LogP contribution in [-0.4, -0.2) is 5.91 Å². The van der Waals surface area contributed by atoms with Crippen LogP contribution in [0.4, 0.5) is 15.8 Å². The molecule has 0 saturated carbocycles. The Bertz CT molecular complexity index is 1100. The molecule has 0 saturated heterocycles. The average molecular weight is 374 g/mol. The van der Waals surface area contributed by atoms with Crippen LogP contribution in [0.25, 0.3) is 5.70 Å². The molecule has 2 aliphatic heterocycles. The van der Waals surface area contributed by atoms with Gasteiger partial charge in [-0.2, -0.15) is 0 Å². The topological polar surface area (TPSA) is 41.1 Å². The van der Waals surface area contributed by atoms with Crippen molar-refractivity contribution in [1.29, 1.82) is 0 Å². The quantitative estimate of drug-likeness (QED) is 0.613. The number of thioether (sulfide) groups is 1. The molecule has 3 aromatic carbocycles. The average Bonchev–Trinajstić information content (AvgIpc) is 2.84. The number of rotatable bonds is 1. The third-order valence-electron chi connectivity index (χ3n) is 4.83. The van der Waals surface area contributed by atoms with E-state index in [1.807, 2.05) is 60.7 Å². The number of fused-ring (bicyclic) bond motifs is 3. The molecule has 0 bridgehead atoms. The Morgan fingerprint density at radius 3 is 2.48 bits per heavy atom. The molecule has 27 heavy (non-hydrogen) atoms. The molecule has 0 aromatic heterocycles. The molecule has 1 atom stereocenters. The summed E-state index contributed by atoms with van der Waals surface area (Å²) in [5, 5.41) is 6.38. The Kier molecular flexibility index (Phi) is 3.58.